The fraction of sp³-hybridized carbons (Fsp3) is 0.190. The Morgan fingerprint density at radius 1 is 1.22 bits per heavy atom. The molecule has 0 atom stereocenters. The predicted octanol–water partition coefficient (Wildman–Crippen LogP) is 4.05. The first-order chi connectivity index (χ1) is 13.2. The average Bonchev–Trinajstić information content (AvgIpc) is 3.20. The minimum absolute atomic E-state index is 0.0503. The van der Waals surface area contributed by atoms with Gasteiger partial charge in [-0.05, 0) is 29.3 Å². The van der Waals surface area contributed by atoms with E-state index in [1.807, 2.05) is 52.1 Å². The van der Waals surface area contributed by atoms with Gasteiger partial charge in [-0.2, -0.15) is 5.26 Å². The molecule has 0 spiro atoms. The SMILES string of the molecule is N#CCc1cccc(C(=O)N(CCn2ccnc2)Cc2ccccc2Br)c1. The quantitative estimate of drug-likeness (QED) is 0.576. The van der Waals surface area contributed by atoms with E-state index in [9.17, 15) is 4.79 Å². The summed E-state index contributed by atoms with van der Waals surface area (Å²) in [5.41, 5.74) is 2.49. The molecule has 0 bridgehead atoms. The Hall–Kier alpha value is -2.91. The summed E-state index contributed by atoms with van der Waals surface area (Å²) in [6.45, 7) is 1.71. The van der Waals surface area contributed by atoms with Crippen LogP contribution in [0, 0.1) is 11.3 Å². The maximum Gasteiger partial charge on any atom is 0.254 e. The molecule has 1 heterocycles. The molecule has 3 aromatic rings. The van der Waals surface area contributed by atoms with E-state index in [1.54, 1.807) is 24.7 Å². The van der Waals surface area contributed by atoms with Gasteiger partial charge in [0.1, 0.15) is 0 Å². The maximum atomic E-state index is 13.2. The lowest BCUT2D eigenvalue weighted by Crippen LogP contribution is -2.33. The Kier molecular flexibility index (Phi) is 6.39. The average molecular weight is 423 g/mol. The van der Waals surface area contributed by atoms with Gasteiger partial charge in [-0.3, -0.25) is 4.79 Å². The summed E-state index contributed by atoms with van der Waals surface area (Å²) in [5, 5.41) is 8.91. The number of aromatic nitrogens is 2. The predicted molar refractivity (Wildman–Crippen MR) is 107 cm³/mol. The number of carbonyl (C=O) groups is 1. The molecule has 1 aromatic heterocycles. The molecular weight excluding hydrogens is 404 g/mol. The van der Waals surface area contributed by atoms with E-state index in [0.717, 1.165) is 15.6 Å². The van der Waals surface area contributed by atoms with E-state index < -0.39 is 0 Å². The molecule has 0 aliphatic rings. The van der Waals surface area contributed by atoms with Crippen molar-refractivity contribution in [3.8, 4) is 6.07 Å². The monoisotopic (exact) mass is 422 g/mol. The molecule has 0 radical (unpaired) electrons. The molecule has 0 aliphatic heterocycles. The molecule has 0 aliphatic carbocycles. The summed E-state index contributed by atoms with van der Waals surface area (Å²) >= 11 is 3.56. The van der Waals surface area contributed by atoms with Crippen LogP contribution < -0.4 is 0 Å². The van der Waals surface area contributed by atoms with E-state index >= 15 is 0 Å². The number of benzene rings is 2. The van der Waals surface area contributed by atoms with Crippen LogP contribution in [0.5, 0.6) is 0 Å². The van der Waals surface area contributed by atoms with Crippen molar-refractivity contribution in [1.29, 1.82) is 5.26 Å². The van der Waals surface area contributed by atoms with Crippen LogP contribution in [0.25, 0.3) is 0 Å². The van der Waals surface area contributed by atoms with Gasteiger partial charge in [0.15, 0.2) is 0 Å². The van der Waals surface area contributed by atoms with Gasteiger partial charge in [-0.15, -0.1) is 0 Å². The smallest absolute Gasteiger partial charge is 0.254 e. The van der Waals surface area contributed by atoms with Gasteiger partial charge < -0.3 is 9.47 Å². The van der Waals surface area contributed by atoms with Gasteiger partial charge >= 0.3 is 0 Å². The zero-order chi connectivity index (χ0) is 19.1. The highest BCUT2D eigenvalue weighted by molar-refractivity contribution is 9.10. The van der Waals surface area contributed by atoms with Gasteiger partial charge in [-0.1, -0.05) is 46.3 Å². The highest BCUT2D eigenvalue weighted by atomic mass is 79.9. The zero-order valence-electron chi connectivity index (χ0n) is 14.8. The number of hydrogen-bond donors (Lipinski definition) is 0. The number of carbonyl (C=O) groups excluding carboxylic acids is 1. The molecular formula is C21H19BrN4O. The van der Waals surface area contributed by atoms with Crippen molar-refractivity contribution in [2.24, 2.45) is 0 Å². The van der Waals surface area contributed by atoms with Crippen molar-refractivity contribution >= 4 is 21.8 Å². The number of nitriles is 1. The summed E-state index contributed by atoms with van der Waals surface area (Å²) in [7, 11) is 0. The van der Waals surface area contributed by atoms with Gasteiger partial charge in [0.2, 0.25) is 0 Å². The second-order valence-corrected chi connectivity index (χ2v) is 7.01. The first-order valence-electron chi connectivity index (χ1n) is 8.61. The molecule has 1 amide bonds. The van der Waals surface area contributed by atoms with Crippen LogP contribution in [0.15, 0.2) is 71.7 Å². The second-order valence-electron chi connectivity index (χ2n) is 6.15. The lowest BCUT2D eigenvalue weighted by atomic mass is 10.1. The van der Waals surface area contributed by atoms with E-state index in [4.69, 9.17) is 5.26 Å². The highest BCUT2D eigenvalue weighted by Crippen LogP contribution is 2.19. The van der Waals surface area contributed by atoms with Gasteiger partial charge in [0.25, 0.3) is 5.91 Å². The molecule has 2 aromatic carbocycles. The minimum atomic E-state index is -0.0503. The van der Waals surface area contributed by atoms with Crippen molar-refractivity contribution < 1.29 is 4.79 Å². The molecule has 3 rings (SSSR count). The Balaban J connectivity index is 1.83. The Morgan fingerprint density at radius 2 is 2.07 bits per heavy atom. The van der Waals surface area contributed by atoms with Crippen molar-refractivity contribution in [1.82, 2.24) is 14.5 Å². The first-order valence-corrected chi connectivity index (χ1v) is 9.41. The number of imidazole rings is 1. The molecule has 0 N–H and O–H groups in total. The fourth-order valence-electron chi connectivity index (χ4n) is 2.83. The van der Waals surface area contributed by atoms with Gasteiger partial charge in [0, 0.05) is 42.1 Å². The Bertz CT molecular complexity index is 947. The van der Waals surface area contributed by atoms with Crippen LogP contribution in [0.2, 0.25) is 0 Å². The lowest BCUT2D eigenvalue weighted by Gasteiger charge is -2.24. The van der Waals surface area contributed by atoms with Crippen molar-refractivity contribution in [3.05, 3.63) is 88.4 Å². The molecule has 0 unspecified atom stereocenters. The number of hydrogen-bond acceptors (Lipinski definition) is 3. The summed E-state index contributed by atoms with van der Waals surface area (Å²) in [5.74, 6) is -0.0503. The number of rotatable bonds is 7. The molecule has 0 saturated carbocycles. The van der Waals surface area contributed by atoms with Crippen LogP contribution >= 0.6 is 15.9 Å². The lowest BCUT2D eigenvalue weighted by molar-refractivity contribution is 0.0736. The largest absolute Gasteiger partial charge is 0.336 e. The zero-order valence-corrected chi connectivity index (χ0v) is 16.3. The van der Waals surface area contributed by atoms with Crippen molar-refractivity contribution in [3.63, 3.8) is 0 Å². The maximum absolute atomic E-state index is 13.2. The van der Waals surface area contributed by atoms with Crippen LogP contribution in [-0.4, -0.2) is 26.9 Å². The minimum Gasteiger partial charge on any atom is -0.336 e. The van der Waals surface area contributed by atoms with Gasteiger partial charge in [0.05, 0.1) is 18.8 Å². The van der Waals surface area contributed by atoms with Crippen molar-refractivity contribution in [2.45, 2.75) is 19.5 Å². The van der Waals surface area contributed by atoms with Crippen LogP contribution in [0.4, 0.5) is 0 Å². The third-order valence-electron chi connectivity index (χ3n) is 4.25. The first kappa shape index (κ1) is 18.9. The Labute approximate surface area is 167 Å². The standard InChI is InChI=1S/C21H19BrN4O/c22-20-7-2-1-5-19(20)15-26(13-12-25-11-10-24-16-25)21(27)18-6-3-4-17(14-18)8-9-23/h1-7,10-11,14,16H,8,12-13,15H2. The molecule has 5 nitrogen and oxygen atoms in total. The third kappa shape index (κ3) is 5.05. The second kappa shape index (κ2) is 9.15. The summed E-state index contributed by atoms with van der Waals surface area (Å²) in [4.78, 5) is 19.1. The van der Waals surface area contributed by atoms with Crippen LogP contribution in [-0.2, 0) is 19.5 Å². The molecule has 27 heavy (non-hydrogen) atoms. The molecule has 0 saturated heterocycles. The van der Waals surface area contributed by atoms with E-state index in [-0.39, 0.29) is 5.91 Å². The van der Waals surface area contributed by atoms with Gasteiger partial charge in [-0.25, -0.2) is 4.98 Å². The van der Waals surface area contributed by atoms with E-state index in [2.05, 4.69) is 27.0 Å². The topological polar surface area (TPSA) is 61.9 Å². The van der Waals surface area contributed by atoms with Crippen molar-refractivity contribution in [2.75, 3.05) is 6.54 Å². The Morgan fingerprint density at radius 3 is 2.81 bits per heavy atom. The summed E-state index contributed by atoms with van der Waals surface area (Å²) in [6, 6.07) is 17.3. The highest BCUT2D eigenvalue weighted by Gasteiger charge is 2.17. The van der Waals surface area contributed by atoms with E-state index in [1.165, 1.54) is 0 Å². The molecule has 136 valence electrons. The summed E-state index contributed by atoms with van der Waals surface area (Å²) in [6.07, 6.45) is 5.65. The number of halogens is 1. The number of nitrogens with zero attached hydrogens (tertiary/aromatic N) is 4. The number of amides is 1. The molecule has 6 heteroatoms. The van der Waals surface area contributed by atoms with Crippen LogP contribution in [0.1, 0.15) is 21.5 Å². The van der Waals surface area contributed by atoms with E-state index in [0.29, 0.717) is 31.6 Å². The molecule has 0 fully saturated rings. The summed E-state index contributed by atoms with van der Waals surface area (Å²) < 4.78 is 2.93. The third-order valence-corrected chi connectivity index (χ3v) is 5.02. The van der Waals surface area contributed by atoms with Crippen LogP contribution in [0.3, 0.4) is 0 Å². The normalized spacial score (nSPS) is 10.4. The fourth-order valence-corrected chi connectivity index (χ4v) is 3.24.